The molecule has 8 nitrogen and oxygen atoms in total. The Morgan fingerprint density at radius 1 is 1.41 bits per heavy atom. The monoisotopic (exact) mass is 324 g/mol. The minimum atomic E-state index is -3.82. The van der Waals surface area contributed by atoms with Crippen molar-refractivity contribution in [3.05, 3.63) is 40.6 Å². The Kier molecular flexibility index (Phi) is 4.69. The first-order chi connectivity index (χ1) is 10.3. The molecule has 0 saturated heterocycles. The molecule has 0 radical (unpaired) electrons. The van der Waals surface area contributed by atoms with Crippen LogP contribution in [0, 0.1) is 10.1 Å². The maximum Gasteiger partial charge on any atom is 0.278 e. The number of nitrogens with one attached hydrogen (secondary N) is 1. The second kappa shape index (κ2) is 6.34. The third kappa shape index (κ3) is 3.38. The van der Waals surface area contributed by atoms with Gasteiger partial charge in [0.1, 0.15) is 4.90 Å². The van der Waals surface area contributed by atoms with Crippen molar-refractivity contribution < 1.29 is 13.3 Å². The normalized spacial score (nSPS) is 13.2. The molecule has 0 amide bonds. The van der Waals surface area contributed by atoms with Gasteiger partial charge in [0.2, 0.25) is 10.0 Å². The summed E-state index contributed by atoms with van der Waals surface area (Å²) >= 11 is 0. The summed E-state index contributed by atoms with van der Waals surface area (Å²) in [7, 11) is -3.82. The SMILES string of the molecule is CC(N)CCNS(=O)(=O)c1ccc([N+](=O)[O-])c2cccnc12. The first kappa shape index (κ1) is 16.3. The number of hydrogen-bond acceptors (Lipinski definition) is 6. The van der Waals surface area contributed by atoms with Gasteiger partial charge in [0.15, 0.2) is 0 Å². The van der Waals surface area contributed by atoms with Gasteiger partial charge in [-0.25, -0.2) is 13.1 Å². The quantitative estimate of drug-likeness (QED) is 0.606. The van der Waals surface area contributed by atoms with Crippen molar-refractivity contribution in [2.24, 2.45) is 5.73 Å². The summed E-state index contributed by atoms with van der Waals surface area (Å²) in [6.45, 7) is 1.96. The molecule has 2 aromatic rings. The Hall–Kier alpha value is -2.10. The standard InChI is InChI=1S/C13H16N4O4S/c1-9(14)6-8-16-22(20,21)12-5-4-11(17(18)19)10-3-2-7-15-13(10)12/h2-5,7,9,16H,6,8,14H2,1H3. The van der Waals surface area contributed by atoms with Crippen LogP contribution >= 0.6 is 0 Å². The zero-order valence-electron chi connectivity index (χ0n) is 11.9. The van der Waals surface area contributed by atoms with Gasteiger partial charge in [-0.15, -0.1) is 0 Å². The number of benzene rings is 1. The van der Waals surface area contributed by atoms with E-state index in [2.05, 4.69) is 9.71 Å². The van der Waals surface area contributed by atoms with Crippen LogP contribution in [0.2, 0.25) is 0 Å². The fourth-order valence-corrected chi connectivity index (χ4v) is 3.21. The van der Waals surface area contributed by atoms with E-state index in [1.165, 1.54) is 30.5 Å². The molecule has 1 heterocycles. The molecule has 0 aliphatic heterocycles. The van der Waals surface area contributed by atoms with Crippen molar-refractivity contribution in [2.45, 2.75) is 24.3 Å². The summed E-state index contributed by atoms with van der Waals surface area (Å²) in [6, 6.07) is 5.23. The molecule has 0 saturated carbocycles. The number of nitro groups is 1. The molecule has 22 heavy (non-hydrogen) atoms. The maximum atomic E-state index is 12.3. The largest absolute Gasteiger partial charge is 0.328 e. The van der Waals surface area contributed by atoms with Crippen LogP contribution in [0.25, 0.3) is 10.9 Å². The Balaban J connectivity index is 2.48. The first-order valence-corrected chi connectivity index (χ1v) is 8.08. The molecule has 118 valence electrons. The van der Waals surface area contributed by atoms with E-state index in [1.54, 1.807) is 6.92 Å². The molecule has 1 aromatic heterocycles. The minimum absolute atomic E-state index is 0.0741. The van der Waals surface area contributed by atoms with Gasteiger partial charge in [-0.2, -0.15) is 0 Å². The van der Waals surface area contributed by atoms with Crippen LogP contribution in [-0.2, 0) is 10.0 Å². The first-order valence-electron chi connectivity index (χ1n) is 6.60. The van der Waals surface area contributed by atoms with E-state index < -0.39 is 14.9 Å². The second-order valence-electron chi connectivity index (χ2n) is 4.90. The van der Waals surface area contributed by atoms with Crippen molar-refractivity contribution in [2.75, 3.05) is 6.54 Å². The number of aromatic nitrogens is 1. The molecule has 0 aliphatic carbocycles. The average Bonchev–Trinajstić information content (AvgIpc) is 2.45. The van der Waals surface area contributed by atoms with Crippen molar-refractivity contribution >= 4 is 26.6 Å². The molecule has 0 bridgehead atoms. The Bertz CT molecular complexity index is 805. The summed E-state index contributed by atoms with van der Waals surface area (Å²) in [6.07, 6.45) is 1.88. The predicted molar refractivity (Wildman–Crippen MR) is 81.9 cm³/mol. The third-order valence-electron chi connectivity index (χ3n) is 3.09. The van der Waals surface area contributed by atoms with E-state index >= 15 is 0 Å². The van der Waals surface area contributed by atoms with Gasteiger partial charge in [-0.1, -0.05) is 0 Å². The fraction of sp³-hybridized carbons (Fsp3) is 0.308. The average molecular weight is 324 g/mol. The van der Waals surface area contributed by atoms with Gasteiger partial charge in [0.05, 0.1) is 15.8 Å². The number of nitrogens with two attached hydrogens (primary N) is 1. The maximum absolute atomic E-state index is 12.3. The number of sulfonamides is 1. The molecular weight excluding hydrogens is 308 g/mol. The number of pyridine rings is 1. The fourth-order valence-electron chi connectivity index (χ4n) is 2.01. The molecule has 1 atom stereocenters. The predicted octanol–water partition coefficient (Wildman–Crippen LogP) is 1.16. The lowest BCUT2D eigenvalue weighted by atomic mass is 10.2. The smallest absolute Gasteiger partial charge is 0.278 e. The van der Waals surface area contributed by atoms with E-state index in [9.17, 15) is 18.5 Å². The minimum Gasteiger partial charge on any atom is -0.328 e. The Morgan fingerprint density at radius 2 is 2.14 bits per heavy atom. The molecule has 0 spiro atoms. The number of fused-ring (bicyclic) bond motifs is 1. The van der Waals surface area contributed by atoms with Crippen LogP contribution in [0.15, 0.2) is 35.4 Å². The van der Waals surface area contributed by atoms with E-state index in [1.807, 2.05) is 0 Å². The highest BCUT2D eigenvalue weighted by atomic mass is 32.2. The number of rotatable bonds is 6. The summed E-state index contributed by atoms with van der Waals surface area (Å²) in [5, 5.41) is 11.2. The van der Waals surface area contributed by atoms with E-state index in [0.29, 0.717) is 6.42 Å². The summed E-state index contributed by atoms with van der Waals surface area (Å²) in [4.78, 5) is 14.4. The summed E-state index contributed by atoms with van der Waals surface area (Å²) in [5.41, 5.74) is 5.47. The zero-order valence-corrected chi connectivity index (χ0v) is 12.7. The molecule has 9 heteroatoms. The highest BCUT2D eigenvalue weighted by Crippen LogP contribution is 2.29. The number of nitrogens with zero attached hydrogens (tertiary/aromatic N) is 2. The van der Waals surface area contributed by atoms with Crippen LogP contribution in [0.3, 0.4) is 0 Å². The van der Waals surface area contributed by atoms with Gasteiger partial charge in [-0.05, 0) is 31.5 Å². The molecule has 1 aromatic carbocycles. The van der Waals surface area contributed by atoms with E-state index in [0.717, 1.165) is 0 Å². The van der Waals surface area contributed by atoms with Crippen molar-refractivity contribution in [3.8, 4) is 0 Å². The Labute approximate surface area is 127 Å². The number of nitro benzene ring substituents is 1. The van der Waals surface area contributed by atoms with Gasteiger partial charge in [-0.3, -0.25) is 15.1 Å². The van der Waals surface area contributed by atoms with Crippen LogP contribution in [-0.4, -0.2) is 30.9 Å². The van der Waals surface area contributed by atoms with Crippen LogP contribution in [0.5, 0.6) is 0 Å². The molecule has 0 fully saturated rings. The lowest BCUT2D eigenvalue weighted by Crippen LogP contribution is -2.29. The molecule has 2 rings (SSSR count). The zero-order chi connectivity index (χ0) is 16.3. The van der Waals surface area contributed by atoms with Gasteiger partial charge >= 0.3 is 0 Å². The van der Waals surface area contributed by atoms with Crippen LogP contribution < -0.4 is 10.5 Å². The van der Waals surface area contributed by atoms with Crippen molar-refractivity contribution in [3.63, 3.8) is 0 Å². The van der Waals surface area contributed by atoms with E-state index in [4.69, 9.17) is 5.73 Å². The highest BCUT2D eigenvalue weighted by Gasteiger charge is 2.22. The number of non-ortho nitro benzene ring substituents is 1. The van der Waals surface area contributed by atoms with Gasteiger partial charge in [0.25, 0.3) is 5.69 Å². The van der Waals surface area contributed by atoms with E-state index in [-0.39, 0.29) is 34.1 Å². The lowest BCUT2D eigenvalue weighted by Gasteiger charge is -2.10. The summed E-state index contributed by atoms with van der Waals surface area (Å²) < 4.78 is 27.1. The topological polar surface area (TPSA) is 128 Å². The van der Waals surface area contributed by atoms with Crippen LogP contribution in [0.4, 0.5) is 5.69 Å². The lowest BCUT2D eigenvalue weighted by molar-refractivity contribution is -0.383. The third-order valence-corrected chi connectivity index (χ3v) is 4.58. The van der Waals surface area contributed by atoms with Crippen molar-refractivity contribution in [1.82, 2.24) is 9.71 Å². The van der Waals surface area contributed by atoms with Crippen LogP contribution in [0.1, 0.15) is 13.3 Å². The highest BCUT2D eigenvalue weighted by molar-refractivity contribution is 7.89. The number of hydrogen-bond donors (Lipinski definition) is 2. The van der Waals surface area contributed by atoms with Crippen molar-refractivity contribution in [1.29, 1.82) is 0 Å². The molecular formula is C13H16N4O4S. The van der Waals surface area contributed by atoms with Gasteiger partial charge < -0.3 is 5.73 Å². The summed E-state index contributed by atoms with van der Waals surface area (Å²) in [5.74, 6) is 0. The molecule has 1 unspecified atom stereocenters. The second-order valence-corrected chi connectivity index (χ2v) is 6.64. The molecule has 0 aliphatic rings. The molecule has 3 N–H and O–H groups in total. The Morgan fingerprint density at radius 3 is 2.77 bits per heavy atom. The van der Waals surface area contributed by atoms with Gasteiger partial charge in [0, 0.05) is 24.8 Å².